The molecule has 0 atom stereocenters. The van der Waals surface area contributed by atoms with Crippen molar-refractivity contribution < 1.29 is 68.5 Å². The molecule has 1 N–H and O–H groups in total. The van der Waals surface area contributed by atoms with Gasteiger partial charge < -0.3 is 0 Å². The summed E-state index contributed by atoms with van der Waals surface area (Å²) in [6.07, 6.45) is 0. The Morgan fingerprint density at radius 3 is 1.33 bits per heavy atom. The summed E-state index contributed by atoms with van der Waals surface area (Å²) in [6, 6.07) is 0. The van der Waals surface area contributed by atoms with Crippen molar-refractivity contribution in [3.63, 3.8) is 0 Å². The Kier molecular flexibility index (Phi) is 26.6. The zero-order valence-corrected chi connectivity index (χ0v) is 6.75. The molecule has 0 fully saturated rings. The molecule has 0 heterocycles. The van der Waals surface area contributed by atoms with Crippen LogP contribution in [0.4, 0.5) is 0 Å². The molecule has 0 aliphatic rings. The van der Waals surface area contributed by atoms with Crippen LogP contribution in [0, 0.1) is 41.7 Å². The molecule has 3 nitrogen and oxygen atoms in total. The van der Waals surface area contributed by atoms with Crippen LogP contribution in [0.15, 0.2) is 0 Å². The minimum atomic E-state index is -3.69. The van der Waals surface area contributed by atoms with Crippen molar-refractivity contribution in [2.24, 2.45) is 0 Å². The topological polar surface area (TPSA) is 54.4 Å². The van der Waals surface area contributed by atoms with Crippen LogP contribution >= 0.6 is 0 Å². The van der Waals surface area contributed by atoms with Gasteiger partial charge in [0, 0.05) is 41.7 Å². The molecule has 6 heavy (non-hydrogen) atoms. The number of hydrogen-bond acceptors (Lipinski definition) is 2. The van der Waals surface area contributed by atoms with Gasteiger partial charge in [-0.25, -0.2) is 0 Å². The van der Waals surface area contributed by atoms with E-state index in [9.17, 15) is 0 Å². The molecule has 0 spiro atoms. The van der Waals surface area contributed by atoms with Gasteiger partial charge in [-0.1, -0.05) is 0 Å². The van der Waals surface area contributed by atoms with Crippen LogP contribution in [0.3, 0.4) is 0 Å². The van der Waals surface area contributed by atoms with Gasteiger partial charge in [-0.05, 0) is 0 Å². The molecular weight excluding hydrogens is 246 g/mol. The fourth-order valence-corrected chi connectivity index (χ4v) is 0. The predicted molar refractivity (Wildman–Crippen MR) is 10.7 cm³/mol. The number of rotatable bonds is 0. The van der Waals surface area contributed by atoms with Crippen LogP contribution < -0.4 is 0 Å². The van der Waals surface area contributed by atoms with E-state index in [-0.39, 0.29) is 60.6 Å². The molecule has 6 heteroatoms. The van der Waals surface area contributed by atoms with E-state index in [0.717, 1.165) is 0 Å². The van der Waals surface area contributed by atoms with Gasteiger partial charge in [0.15, 0.2) is 0 Å². The second-order valence-corrected chi connectivity index (χ2v) is 0.981. The molecule has 0 aromatic rings. The summed E-state index contributed by atoms with van der Waals surface area (Å²) in [4.78, 5) is 0. The monoisotopic (exact) mass is 248 g/mol. The molecular formula is H2CeLiO3V. The van der Waals surface area contributed by atoms with Gasteiger partial charge in [0.2, 0.25) is 0 Å². The first-order valence-electron chi connectivity index (χ1n) is 0.565. The van der Waals surface area contributed by atoms with E-state index in [4.69, 9.17) is 11.4 Å². The Morgan fingerprint density at radius 2 is 1.33 bits per heavy atom. The van der Waals surface area contributed by atoms with Crippen molar-refractivity contribution >= 4 is 18.9 Å². The van der Waals surface area contributed by atoms with Crippen molar-refractivity contribution in [2.45, 2.75) is 0 Å². The van der Waals surface area contributed by atoms with Crippen LogP contribution in [-0.4, -0.2) is 22.9 Å². The van der Waals surface area contributed by atoms with Gasteiger partial charge in [-0.2, -0.15) is 0 Å². The predicted octanol–water partition coefficient (Wildman–Crippen LogP) is -1.45. The van der Waals surface area contributed by atoms with Crippen molar-refractivity contribution in [1.82, 2.24) is 0 Å². The summed E-state index contributed by atoms with van der Waals surface area (Å²) in [6.45, 7) is 0. The summed E-state index contributed by atoms with van der Waals surface area (Å²) < 4.78 is 24.4. The van der Waals surface area contributed by atoms with E-state index in [1.807, 2.05) is 0 Å². The molecule has 0 rings (SSSR count). The molecule has 0 amide bonds. The molecule has 0 saturated heterocycles. The third-order valence-electron chi connectivity index (χ3n) is 0. The van der Waals surface area contributed by atoms with Crippen LogP contribution in [0.25, 0.3) is 0 Å². The molecule has 0 aliphatic heterocycles. The van der Waals surface area contributed by atoms with Gasteiger partial charge in [0.05, 0.1) is 0 Å². The first kappa shape index (κ1) is 15.7. The Morgan fingerprint density at radius 1 is 1.33 bits per heavy atom. The molecule has 0 radical (unpaired) electrons. The normalized spacial score (nSPS) is 4.17. The van der Waals surface area contributed by atoms with Gasteiger partial charge in [-0.3, -0.25) is 0 Å². The molecule has 0 bridgehead atoms. The van der Waals surface area contributed by atoms with Crippen LogP contribution in [-0.2, 0) is 22.7 Å². The fraction of sp³-hybridized carbons (Fsp3) is 0. The SMILES string of the molecule is [Ce].[LiH].[O]=[V](=[O])[OH]. The van der Waals surface area contributed by atoms with Gasteiger partial charge in [0.25, 0.3) is 0 Å². The first-order chi connectivity index (χ1) is 1.73. The van der Waals surface area contributed by atoms with Crippen molar-refractivity contribution in [3.05, 3.63) is 0 Å². The summed E-state index contributed by atoms with van der Waals surface area (Å²) in [7, 11) is 0. The zero-order valence-electron chi connectivity index (χ0n) is 2.21. The van der Waals surface area contributed by atoms with Crippen LogP contribution in [0.2, 0.25) is 0 Å². The third kappa shape index (κ3) is 35.7. The number of hydrogen-bond donors (Lipinski definition) is 1. The van der Waals surface area contributed by atoms with E-state index >= 15 is 0 Å². The summed E-state index contributed by atoms with van der Waals surface area (Å²) in [5, 5.41) is 0. The Hall–Kier alpha value is 2.12. The van der Waals surface area contributed by atoms with Crippen molar-refractivity contribution in [1.29, 1.82) is 0 Å². The molecule has 0 unspecified atom stereocenters. The minimum absolute atomic E-state index is 0. The molecule has 0 aliphatic carbocycles. The van der Waals surface area contributed by atoms with E-state index in [0.29, 0.717) is 0 Å². The average Bonchev–Trinajstić information content (AvgIpc) is 0.811. The molecule has 0 saturated carbocycles. The summed E-state index contributed by atoms with van der Waals surface area (Å²) in [5.74, 6) is 0. The van der Waals surface area contributed by atoms with Crippen LogP contribution in [0.1, 0.15) is 0 Å². The van der Waals surface area contributed by atoms with E-state index in [1.54, 1.807) is 0 Å². The Bertz CT molecular complexity index is 59.2. The Balaban J connectivity index is -0.0000000450. The first-order valence-corrected chi connectivity index (χ1v) is 2.33. The second kappa shape index (κ2) is 10.2. The van der Waals surface area contributed by atoms with Gasteiger partial charge in [-0.15, -0.1) is 0 Å². The van der Waals surface area contributed by atoms with E-state index < -0.39 is 15.4 Å². The molecule has 0 aromatic carbocycles. The summed E-state index contributed by atoms with van der Waals surface area (Å²) >= 11 is -3.69. The van der Waals surface area contributed by atoms with Crippen molar-refractivity contribution in [3.8, 4) is 0 Å². The van der Waals surface area contributed by atoms with Gasteiger partial charge in [0.1, 0.15) is 0 Å². The second-order valence-electron chi connectivity index (χ2n) is 0.238. The van der Waals surface area contributed by atoms with E-state index in [1.165, 1.54) is 0 Å². The summed E-state index contributed by atoms with van der Waals surface area (Å²) in [5.41, 5.74) is 0. The third-order valence-corrected chi connectivity index (χ3v) is 0. The quantitative estimate of drug-likeness (QED) is 0.534. The fourth-order valence-electron chi connectivity index (χ4n) is 0. The maximum absolute atomic E-state index is 8.67. The maximum atomic E-state index is 8.67. The zero-order chi connectivity index (χ0) is 3.58. The van der Waals surface area contributed by atoms with E-state index in [2.05, 4.69) is 0 Å². The average molecular weight is 248 g/mol. The van der Waals surface area contributed by atoms with Gasteiger partial charge >= 0.3 is 45.6 Å². The standard InChI is InChI=1S/Ce.Li.H2O.2O.V.H/h;;1H2;;;;/q;;;;;+1;/p-1. The molecule has 30 valence electrons. The Labute approximate surface area is 85.8 Å². The molecule has 0 aromatic heterocycles. The van der Waals surface area contributed by atoms with Crippen LogP contribution in [0.5, 0.6) is 0 Å². The van der Waals surface area contributed by atoms with Crippen molar-refractivity contribution in [2.75, 3.05) is 0 Å².